The van der Waals surface area contributed by atoms with Gasteiger partial charge in [0.15, 0.2) is 0 Å². The number of hydrogen-bond acceptors (Lipinski definition) is 4. The van der Waals surface area contributed by atoms with Crippen molar-refractivity contribution in [3.05, 3.63) is 0 Å². The van der Waals surface area contributed by atoms with Crippen molar-refractivity contribution in [2.75, 3.05) is 32.8 Å². The maximum absolute atomic E-state index is 11.4. The van der Waals surface area contributed by atoms with Crippen LogP contribution in [0.4, 0.5) is 0 Å². The number of carbonyl (C=O) groups excluding carboxylic acids is 1. The van der Waals surface area contributed by atoms with Crippen molar-refractivity contribution >= 4 is 5.78 Å². The summed E-state index contributed by atoms with van der Waals surface area (Å²) in [5.74, 6) is 0.218. The van der Waals surface area contributed by atoms with Crippen LogP contribution in [0.15, 0.2) is 0 Å². The quantitative estimate of drug-likeness (QED) is 0.713. The van der Waals surface area contributed by atoms with Gasteiger partial charge in [-0.25, -0.2) is 0 Å². The average molecular weight is 214 g/mol. The molecule has 4 heteroatoms. The van der Waals surface area contributed by atoms with Crippen LogP contribution in [-0.2, 0) is 9.53 Å². The van der Waals surface area contributed by atoms with E-state index in [1.807, 2.05) is 0 Å². The average Bonchev–Trinajstić information content (AvgIpc) is 2.17. The second kappa shape index (κ2) is 6.20. The molecule has 1 heterocycles. The molecule has 0 radical (unpaired) electrons. The van der Waals surface area contributed by atoms with Gasteiger partial charge < -0.3 is 10.1 Å². The highest BCUT2D eigenvalue weighted by molar-refractivity contribution is 5.81. The predicted octanol–water partition coefficient (Wildman–Crippen LogP) is 0.274. The molecule has 0 saturated carbocycles. The Morgan fingerprint density at radius 1 is 1.40 bits per heavy atom. The fraction of sp³-hybridized carbons (Fsp3) is 0.909. The summed E-state index contributed by atoms with van der Waals surface area (Å²) in [4.78, 5) is 13.7. The van der Waals surface area contributed by atoms with Crippen LogP contribution >= 0.6 is 0 Å². The number of nitrogens with one attached hydrogen (secondary N) is 1. The summed E-state index contributed by atoms with van der Waals surface area (Å²) in [6.07, 6.45) is 0. The minimum Gasteiger partial charge on any atom is -0.379 e. The van der Waals surface area contributed by atoms with Crippen molar-refractivity contribution in [1.29, 1.82) is 0 Å². The molecule has 1 rings (SSSR count). The summed E-state index contributed by atoms with van der Waals surface area (Å²) < 4.78 is 5.28. The normalized spacial score (nSPS) is 20.5. The van der Waals surface area contributed by atoms with Crippen LogP contribution in [0, 0.1) is 0 Å². The first-order chi connectivity index (χ1) is 7.09. The highest BCUT2D eigenvalue weighted by Crippen LogP contribution is 2.00. The Morgan fingerprint density at radius 2 is 2.00 bits per heavy atom. The third kappa shape index (κ3) is 4.73. The number of ether oxygens (including phenoxy) is 1. The van der Waals surface area contributed by atoms with Crippen LogP contribution < -0.4 is 5.32 Å². The molecule has 1 unspecified atom stereocenters. The van der Waals surface area contributed by atoms with Gasteiger partial charge in [0.05, 0.1) is 19.3 Å². The van der Waals surface area contributed by atoms with Gasteiger partial charge in [0.25, 0.3) is 0 Å². The van der Waals surface area contributed by atoms with E-state index in [1.165, 1.54) is 0 Å². The van der Waals surface area contributed by atoms with Gasteiger partial charge in [-0.15, -0.1) is 0 Å². The molecule has 1 aliphatic heterocycles. The number of hydrogen-bond donors (Lipinski definition) is 1. The fourth-order valence-electron chi connectivity index (χ4n) is 1.74. The molecule has 0 aliphatic carbocycles. The lowest BCUT2D eigenvalue weighted by molar-refractivity contribution is -0.120. The summed E-state index contributed by atoms with van der Waals surface area (Å²) in [6.45, 7) is 10.0. The molecule has 1 aliphatic rings. The van der Waals surface area contributed by atoms with Crippen molar-refractivity contribution in [1.82, 2.24) is 10.2 Å². The van der Waals surface area contributed by atoms with E-state index in [9.17, 15) is 4.79 Å². The first-order valence-corrected chi connectivity index (χ1v) is 5.66. The molecule has 1 N–H and O–H groups in total. The van der Waals surface area contributed by atoms with Gasteiger partial charge in [-0.3, -0.25) is 9.69 Å². The van der Waals surface area contributed by atoms with Crippen LogP contribution in [0.3, 0.4) is 0 Å². The third-order valence-electron chi connectivity index (χ3n) is 2.57. The zero-order valence-corrected chi connectivity index (χ0v) is 9.95. The molecule has 88 valence electrons. The van der Waals surface area contributed by atoms with E-state index in [1.54, 1.807) is 6.92 Å². The van der Waals surface area contributed by atoms with E-state index >= 15 is 0 Å². The molecule has 1 fully saturated rings. The zero-order valence-electron chi connectivity index (χ0n) is 9.95. The summed E-state index contributed by atoms with van der Waals surface area (Å²) in [5, 5.41) is 3.29. The highest BCUT2D eigenvalue weighted by Gasteiger charge is 2.20. The number of carbonyl (C=O) groups is 1. The summed E-state index contributed by atoms with van der Waals surface area (Å²) >= 11 is 0. The number of nitrogens with zero attached hydrogens (tertiary/aromatic N) is 1. The maximum atomic E-state index is 11.4. The standard InChI is InChI=1S/C11H22N2O2/c1-9(2)12-11(10(3)14)8-13-4-6-15-7-5-13/h9,11-12H,4-8H2,1-3H3. The van der Waals surface area contributed by atoms with E-state index < -0.39 is 0 Å². The van der Waals surface area contributed by atoms with E-state index in [0.29, 0.717) is 6.04 Å². The van der Waals surface area contributed by atoms with Crippen LogP contribution in [-0.4, -0.2) is 55.6 Å². The Kier molecular flexibility index (Phi) is 5.22. The van der Waals surface area contributed by atoms with E-state index in [4.69, 9.17) is 4.74 Å². The number of rotatable bonds is 5. The molecule has 0 amide bonds. The Balaban J connectivity index is 2.38. The topological polar surface area (TPSA) is 41.6 Å². The minimum atomic E-state index is -0.0388. The van der Waals surface area contributed by atoms with Crippen molar-refractivity contribution in [3.63, 3.8) is 0 Å². The molecule has 4 nitrogen and oxygen atoms in total. The monoisotopic (exact) mass is 214 g/mol. The second-order valence-electron chi connectivity index (χ2n) is 4.40. The lowest BCUT2D eigenvalue weighted by atomic mass is 10.1. The molecular weight excluding hydrogens is 192 g/mol. The molecule has 1 saturated heterocycles. The van der Waals surface area contributed by atoms with Crippen LogP contribution in [0.25, 0.3) is 0 Å². The summed E-state index contributed by atoms with van der Waals surface area (Å²) in [7, 11) is 0. The fourth-order valence-corrected chi connectivity index (χ4v) is 1.74. The number of ketones is 1. The Hall–Kier alpha value is -0.450. The van der Waals surface area contributed by atoms with Crippen LogP contribution in [0.1, 0.15) is 20.8 Å². The lowest BCUT2D eigenvalue weighted by Gasteiger charge is -2.30. The van der Waals surface area contributed by atoms with Crippen molar-refractivity contribution in [3.8, 4) is 0 Å². The minimum absolute atomic E-state index is 0.0388. The SMILES string of the molecule is CC(=O)C(CN1CCOCC1)NC(C)C. The van der Waals surface area contributed by atoms with Gasteiger partial charge in [0, 0.05) is 25.7 Å². The second-order valence-corrected chi connectivity index (χ2v) is 4.40. The predicted molar refractivity (Wildman–Crippen MR) is 60.0 cm³/mol. The molecule has 0 aromatic heterocycles. The Morgan fingerprint density at radius 3 is 2.47 bits per heavy atom. The largest absolute Gasteiger partial charge is 0.379 e. The van der Waals surface area contributed by atoms with E-state index in [2.05, 4.69) is 24.1 Å². The van der Waals surface area contributed by atoms with Gasteiger partial charge >= 0.3 is 0 Å². The molecule has 0 aromatic carbocycles. The molecule has 1 atom stereocenters. The van der Waals surface area contributed by atoms with Crippen LogP contribution in [0.5, 0.6) is 0 Å². The molecule has 15 heavy (non-hydrogen) atoms. The molecule has 0 bridgehead atoms. The lowest BCUT2D eigenvalue weighted by Crippen LogP contribution is -2.50. The number of morpholine rings is 1. The zero-order chi connectivity index (χ0) is 11.3. The van der Waals surface area contributed by atoms with Gasteiger partial charge in [-0.05, 0) is 6.92 Å². The first-order valence-electron chi connectivity index (χ1n) is 5.66. The highest BCUT2D eigenvalue weighted by atomic mass is 16.5. The van der Waals surface area contributed by atoms with Crippen molar-refractivity contribution in [2.45, 2.75) is 32.9 Å². The van der Waals surface area contributed by atoms with Gasteiger partial charge in [0.1, 0.15) is 5.78 Å². The maximum Gasteiger partial charge on any atom is 0.147 e. The summed E-state index contributed by atoms with van der Waals surface area (Å²) in [6, 6.07) is 0.308. The van der Waals surface area contributed by atoms with Crippen molar-refractivity contribution < 1.29 is 9.53 Å². The third-order valence-corrected chi connectivity index (χ3v) is 2.57. The first kappa shape index (κ1) is 12.6. The molecular formula is C11H22N2O2. The molecule has 0 spiro atoms. The van der Waals surface area contributed by atoms with E-state index in [0.717, 1.165) is 32.8 Å². The smallest absolute Gasteiger partial charge is 0.147 e. The Labute approximate surface area is 92.0 Å². The Bertz CT molecular complexity index is 201. The van der Waals surface area contributed by atoms with Crippen LogP contribution in [0.2, 0.25) is 0 Å². The summed E-state index contributed by atoms with van der Waals surface area (Å²) in [5.41, 5.74) is 0. The van der Waals surface area contributed by atoms with E-state index in [-0.39, 0.29) is 11.8 Å². The van der Waals surface area contributed by atoms with Gasteiger partial charge in [0.2, 0.25) is 0 Å². The van der Waals surface area contributed by atoms with Gasteiger partial charge in [-0.1, -0.05) is 13.8 Å². The van der Waals surface area contributed by atoms with Gasteiger partial charge in [-0.2, -0.15) is 0 Å². The van der Waals surface area contributed by atoms with Crippen molar-refractivity contribution in [2.24, 2.45) is 0 Å². The number of Topliss-reactive ketones (excluding diaryl/α,β-unsaturated/α-hetero) is 1. The molecule has 0 aromatic rings.